The minimum atomic E-state index is -0.0238. The summed E-state index contributed by atoms with van der Waals surface area (Å²) in [7, 11) is 0. The third kappa shape index (κ3) is 5.05. The van der Waals surface area contributed by atoms with Crippen LogP contribution in [0.3, 0.4) is 0 Å². The van der Waals surface area contributed by atoms with E-state index in [4.69, 9.17) is 4.74 Å². The summed E-state index contributed by atoms with van der Waals surface area (Å²) in [6, 6.07) is 7.74. The molecule has 1 fully saturated rings. The summed E-state index contributed by atoms with van der Waals surface area (Å²) in [5.74, 6) is 0.722. The van der Waals surface area contributed by atoms with Crippen molar-refractivity contribution >= 4 is 17.2 Å². The molecule has 6 heteroatoms. The van der Waals surface area contributed by atoms with E-state index in [1.54, 1.807) is 11.3 Å². The first-order chi connectivity index (χ1) is 12.7. The second-order valence-corrected chi connectivity index (χ2v) is 7.75. The van der Waals surface area contributed by atoms with E-state index in [0.717, 1.165) is 36.0 Å². The first-order valence-electron chi connectivity index (χ1n) is 9.32. The highest BCUT2D eigenvalue weighted by molar-refractivity contribution is 7.09. The molecule has 2 heterocycles. The number of hydrogen-bond acceptors (Lipinski definition) is 5. The Hall–Kier alpha value is -1.92. The zero-order valence-corrected chi connectivity index (χ0v) is 16.3. The van der Waals surface area contributed by atoms with E-state index in [1.165, 1.54) is 12.8 Å². The molecular formula is C20H27N3O2S. The molecule has 0 saturated carbocycles. The number of amides is 1. The van der Waals surface area contributed by atoms with Crippen LogP contribution >= 0.6 is 11.3 Å². The first kappa shape index (κ1) is 18.9. The highest BCUT2D eigenvalue weighted by Crippen LogP contribution is 2.16. The van der Waals surface area contributed by atoms with Crippen molar-refractivity contribution in [2.24, 2.45) is 0 Å². The molecule has 26 heavy (non-hydrogen) atoms. The highest BCUT2D eigenvalue weighted by atomic mass is 32.1. The third-order valence-corrected chi connectivity index (χ3v) is 5.62. The van der Waals surface area contributed by atoms with Gasteiger partial charge in [0.2, 0.25) is 0 Å². The van der Waals surface area contributed by atoms with Crippen LogP contribution in [0.25, 0.3) is 0 Å². The Kier molecular flexibility index (Phi) is 6.63. The molecule has 0 spiro atoms. The van der Waals surface area contributed by atoms with Gasteiger partial charge in [0.1, 0.15) is 12.4 Å². The fourth-order valence-electron chi connectivity index (χ4n) is 3.29. The van der Waals surface area contributed by atoms with Crippen LogP contribution in [0.15, 0.2) is 29.6 Å². The van der Waals surface area contributed by atoms with Crippen molar-refractivity contribution in [1.29, 1.82) is 0 Å². The Labute approximate surface area is 159 Å². The van der Waals surface area contributed by atoms with E-state index < -0.39 is 0 Å². The van der Waals surface area contributed by atoms with Gasteiger partial charge in [-0.05, 0) is 63.5 Å². The van der Waals surface area contributed by atoms with Crippen LogP contribution in [0.5, 0.6) is 5.75 Å². The fraction of sp³-hybridized carbons (Fsp3) is 0.500. The Bertz CT molecular complexity index is 708. The largest absolute Gasteiger partial charge is 0.487 e. The Morgan fingerprint density at radius 2 is 2.04 bits per heavy atom. The van der Waals surface area contributed by atoms with Crippen LogP contribution in [0.2, 0.25) is 0 Å². The molecule has 140 valence electrons. The molecule has 1 unspecified atom stereocenters. The molecule has 2 aromatic rings. The average Bonchev–Trinajstić information content (AvgIpc) is 3.33. The first-order valence-corrected chi connectivity index (χ1v) is 10.2. The second kappa shape index (κ2) is 9.14. The van der Waals surface area contributed by atoms with Crippen LogP contribution in [-0.2, 0) is 6.61 Å². The van der Waals surface area contributed by atoms with Gasteiger partial charge in [0.15, 0.2) is 0 Å². The standard InChI is InChI=1S/C20H27N3O2S/c1-3-18(23-10-4-5-11-23)12-21-20(24)16-6-8-19(9-7-16)25-13-17-14-26-15(2)22-17/h6-9,14,18H,3-5,10-13H2,1-2H3,(H,21,24). The minimum Gasteiger partial charge on any atom is -0.487 e. The van der Waals surface area contributed by atoms with Gasteiger partial charge < -0.3 is 10.1 Å². The molecule has 3 rings (SSSR count). The number of ether oxygens (including phenoxy) is 1. The number of benzene rings is 1. The number of aryl methyl sites for hydroxylation is 1. The summed E-state index contributed by atoms with van der Waals surface area (Å²) >= 11 is 1.62. The van der Waals surface area contributed by atoms with Gasteiger partial charge in [0, 0.05) is 23.5 Å². The quantitative estimate of drug-likeness (QED) is 0.768. The number of hydrogen-bond donors (Lipinski definition) is 1. The van der Waals surface area contributed by atoms with Gasteiger partial charge in [-0.3, -0.25) is 9.69 Å². The number of nitrogens with one attached hydrogen (secondary N) is 1. The number of nitrogens with zero attached hydrogens (tertiary/aromatic N) is 2. The molecule has 1 aliphatic rings. The number of aromatic nitrogens is 1. The molecule has 1 N–H and O–H groups in total. The van der Waals surface area contributed by atoms with E-state index >= 15 is 0 Å². The van der Waals surface area contributed by atoms with Crippen LogP contribution in [0.1, 0.15) is 47.2 Å². The van der Waals surface area contributed by atoms with Crippen molar-refractivity contribution in [3.8, 4) is 5.75 Å². The second-order valence-electron chi connectivity index (χ2n) is 6.69. The summed E-state index contributed by atoms with van der Waals surface area (Å²) in [5.41, 5.74) is 1.60. The van der Waals surface area contributed by atoms with Crippen molar-refractivity contribution in [1.82, 2.24) is 15.2 Å². The van der Waals surface area contributed by atoms with E-state index in [-0.39, 0.29) is 5.91 Å². The number of carbonyl (C=O) groups excluding carboxylic acids is 1. The van der Waals surface area contributed by atoms with Gasteiger partial charge >= 0.3 is 0 Å². The Balaban J connectivity index is 1.48. The van der Waals surface area contributed by atoms with E-state index in [0.29, 0.717) is 24.8 Å². The SMILES string of the molecule is CCC(CNC(=O)c1ccc(OCc2csc(C)n2)cc1)N1CCCC1. The molecule has 1 saturated heterocycles. The summed E-state index contributed by atoms with van der Waals surface area (Å²) < 4.78 is 5.73. The molecule has 1 amide bonds. The smallest absolute Gasteiger partial charge is 0.251 e. The number of likely N-dealkylation sites (tertiary alicyclic amines) is 1. The lowest BCUT2D eigenvalue weighted by atomic mass is 10.1. The van der Waals surface area contributed by atoms with E-state index in [9.17, 15) is 4.79 Å². The normalized spacial score (nSPS) is 15.8. The summed E-state index contributed by atoms with van der Waals surface area (Å²) in [6.07, 6.45) is 3.60. The average molecular weight is 374 g/mol. The van der Waals surface area contributed by atoms with Gasteiger partial charge in [0.05, 0.1) is 10.7 Å². The van der Waals surface area contributed by atoms with Crippen LogP contribution in [-0.4, -0.2) is 41.5 Å². The van der Waals surface area contributed by atoms with Crippen molar-refractivity contribution in [3.63, 3.8) is 0 Å². The monoisotopic (exact) mass is 373 g/mol. The zero-order chi connectivity index (χ0) is 18.4. The van der Waals surface area contributed by atoms with Crippen molar-refractivity contribution in [2.45, 2.75) is 45.8 Å². The van der Waals surface area contributed by atoms with Crippen molar-refractivity contribution in [3.05, 3.63) is 45.9 Å². The molecule has 1 atom stereocenters. The predicted molar refractivity (Wildman–Crippen MR) is 105 cm³/mol. The van der Waals surface area contributed by atoms with Gasteiger partial charge in [-0.15, -0.1) is 11.3 Å². The van der Waals surface area contributed by atoms with Crippen LogP contribution in [0, 0.1) is 6.92 Å². The number of carbonyl (C=O) groups is 1. The third-order valence-electron chi connectivity index (χ3n) is 4.80. The maximum atomic E-state index is 12.4. The van der Waals surface area contributed by atoms with E-state index in [1.807, 2.05) is 36.6 Å². The van der Waals surface area contributed by atoms with Crippen LogP contribution in [0.4, 0.5) is 0 Å². The maximum Gasteiger partial charge on any atom is 0.251 e. The zero-order valence-electron chi connectivity index (χ0n) is 15.5. The molecular weight excluding hydrogens is 346 g/mol. The van der Waals surface area contributed by atoms with Gasteiger partial charge in [-0.1, -0.05) is 6.92 Å². The van der Waals surface area contributed by atoms with Gasteiger partial charge in [0.25, 0.3) is 5.91 Å². The minimum absolute atomic E-state index is 0.0238. The Morgan fingerprint density at radius 1 is 1.31 bits per heavy atom. The lowest BCUT2D eigenvalue weighted by Crippen LogP contribution is -2.42. The lowest BCUT2D eigenvalue weighted by Gasteiger charge is -2.26. The number of rotatable bonds is 8. The molecule has 0 radical (unpaired) electrons. The molecule has 1 aromatic heterocycles. The maximum absolute atomic E-state index is 12.4. The van der Waals surface area contributed by atoms with E-state index in [2.05, 4.69) is 22.1 Å². The molecule has 1 aromatic carbocycles. The lowest BCUT2D eigenvalue weighted by molar-refractivity contribution is 0.0937. The topological polar surface area (TPSA) is 54.5 Å². The Morgan fingerprint density at radius 3 is 2.65 bits per heavy atom. The van der Waals surface area contributed by atoms with Crippen molar-refractivity contribution < 1.29 is 9.53 Å². The summed E-state index contributed by atoms with van der Waals surface area (Å²) in [4.78, 5) is 19.3. The highest BCUT2D eigenvalue weighted by Gasteiger charge is 2.20. The van der Waals surface area contributed by atoms with Crippen LogP contribution < -0.4 is 10.1 Å². The van der Waals surface area contributed by atoms with Gasteiger partial charge in [-0.2, -0.15) is 0 Å². The fourth-order valence-corrected chi connectivity index (χ4v) is 3.88. The van der Waals surface area contributed by atoms with Gasteiger partial charge in [-0.25, -0.2) is 4.98 Å². The number of thiazole rings is 1. The summed E-state index contributed by atoms with van der Waals surface area (Å²) in [6.45, 7) is 7.62. The predicted octanol–water partition coefficient (Wildman–Crippen LogP) is 3.63. The van der Waals surface area contributed by atoms with Crippen molar-refractivity contribution in [2.75, 3.05) is 19.6 Å². The summed E-state index contributed by atoms with van der Waals surface area (Å²) in [5, 5.41) is 6.12. The molecule has 0 bridgehead atoms. The molecule has 1 aliphatic heterocycles. The molecule has 5 nitrogen and oxygen atoms in total. The molecule has 0 aliphatic carbocycles.